The van der Waals surface area contributed by atoms with Crippen LogP contribution in [0.25, 0.3) is 11.1 Å². The Morgan fingerprint density at radius 2 is 1.76 bits per heavy atom. The molecule has 0 saturated carbocycles. The van der Waals surface area contributed by atoms with Gasteiger partial charge in [-0.25, -0.2) is 13.6 Å². The predicted octanol–water partition coefficient (Wildman–Crippen LogP) is 2.73. The SMILES string of the molecule is COC(=O)CSC[C@H](NC(=O)c1cc(-c2ccc(F)cc2F)ccc1OC(C)=O)C(=O)OC. The molecule has 0 aliphatic heterocycles. The summed E-state index contributed by atoms with van der Waals surface area (Å²) in [5, 5.41) is 2.46. The van der Waals surface area contributed by atoms with E-state index in [1.54, 1.807) is 0 Å². The molecule has 0 fully saturated rings. The molecule has 0 saturated heterocycles. The number of ether oxygens (including phenoxy) is 3. The van der Waals surface area contributed by atoms with Crippen LogP contribution in [0.15, 0.2) is 36.4 Å². The van der Waals surface area contributed by atoms with E-state index < -0.39 is 41.5 Å². The Balaban J connectivity index is 2.36. The highest BCUT2D eigenvalue weighted by Crippen LogP contribution is 2.29. The molecule has 2 aromatic rings. The molecule has 0 bridgehead atoms. The number of esters is 3. The maximum atomic E-state index is 14.2. The number of methoxy groups -OCH3 is 2. The van der Waals surface area contributed by atoms with Crippen molar-refractivity contribution in [1.29, 1.82) is 0 Å². The van der Waals surface area contributed by atoms with Crippen molar-refractivity contribution in [3.63, 3.8) is 0 Å². The van der Waals surface area contributed by atoms with Crippen LogP contribution in [0.5, 0.6) is 5.75 Å². The average molecular weight is 481 g/mol. The molecule has 0 unspecified atom stereocenters. The molecule has 0 heterocycles. The lowest BCUT2D eigenvalue weighted by atomic mass is 10.0. The number of amides is 1. The van der Waals surface area contributed by atoms with Gasteiger partial charge in [-0.2, -0.15) is 0 Å². The van der Waals surface area contributed by atoms with Crippen molar-refractivity contribution in [2.24, 2.45) is 0 Å². The van der Waals surface area contributed by atoms with Gasteiger partial charge < -0.3 is 19.5 Å². The first kappa shape index (κ1) is 25.8. The number of carbonyl (C=O) groups excluding carboxylic acids is 4. The van der Waals surface area contributed by atoms with Gasteiger partial charge in [0.05, 0.1) is 25.5 Å². The van der Waals surface area contributed by atoms with Gasteiger partial charge in [0.15, 0.2) is 0 Å². The molecular weight excluding hydrogens is 460 g/mol. The highest BCUT2D eigenvalue weighted by Gasteiger charge is 2.25. The molecule has 33 heavy (non-hydrogen) atoms. The third kappa shape index (κ3) is 7.28. The predicted molar refractivity (Wildman–Crippen MR) is 116 cm³/mol. The van der Waals surface area contributed by atoms with Gasteiger partial charge in [-0.1, -0.05) is 6.07 Å². The molecule has 0 radical (unpaired) electrons. The molecule has 11 heteroatoms. The van der Waals surface area contributed by atoms with Gasteiger partial charge in [0.25, 0.3) is 5.91 Å². The van der Waals surface area contributed by atoms with Crippen molar-refractivity contribution in [1.82, 2.24) is 5.32 Å². The van der Waals surface area contributed by atoms with Crippen molar-refractivity contribution < 1.29 is 42.2 Å². The summed E-state index contributed by atoms with van der Waals surface area (Å²) in [5.74, 6) is -4.62. The zero-order chi connectivity index (χ0) is 24.5. The highest BCUT2D eigenvalue weighted by atomic mass is 32.2. The Morgan fingerprint density at radius 1 is 1.03 bits per heavy atom. The van der Waals surface area contributed by atoms with E-state index in [-0.39, 0.29) is 33.9 Å². The van der Waals surface area contributed by atoms with Gasteiger partial charge in [0.2, 0.25) is 0 Å². The fourth-order valence-corrected chi connectivity index (χ4v) is 3.57. The van der Waals surface area contributed by atoms with Crippen molar-refractivity contribution >= 4 is 35.6 Å². The largest absolute Gasteiger partial charge is 0.468 e. The van der Waals surface area contributed by atoms with E-state index in [1.807, 2.05) is 0 Å². The number of benzene rings is 2. The van der Waals surface area contributed by atoms with Crippen molar-refractivity contribution in [2.45, 2.75) is 13.0 Å². The first-order valence-electron chi connectivity index (χ1n) is 9.47. The lowest BCUT2D eigenvalue weighted by molar-refractivity contribution is -0.142. The van der Waals surface area contributed by atoms with Gasteiger partial charge in [0, 0.05) is 24.3 Å². The number of carbonyl (C=O) groups is 4. The summed E-state index contributed by atoms with van der Waals surface area (Å²) in [6.45, 7) is 1.13. The van der Waals surface area contributed by atoms with Crippen LogP contribution < -0.4 is 10.1 Å². The normalized spacial score (nSPS) is 11.3. The number of rotatable bonds is 9. The zero-order valence-corrected chi connectivity index (χ0v) is 18.8. The summed E-state index contributed by atoms with van der Waals surface area (Å²) in [7, 11) is 2.35. The van der Waals surface area contributed by atoms with Crippen LogP contribution in [0.1, 0.15) is 17.3 Å². The van der Waals surface area contributed by atoms with Crippen LogP contribution in [0.2, 0.25) is 0 Å². The molecule has 8 nitrogen and oxygen atoms in total. The molecule has 0 aliphatic carbocycles. The van der Waals surface area contributed by atoms with E-state index in [0.29, 0.717) is 6.07 Å². The van der Waals surface area contributed by atoms with Gasteiger partial charge in [0.1, 0.15) is 23.4 Å². The van der Waals surface area contributed by atoms with Crippen LogP contribution in [-0.4, -0.2) is 55.6 Å². The van der Waals surface area contributed by atoms with Crippen LogP contribution in [-0.2, 0) is 23.9 Å². The average Bonchev–Trinajstić information content (AvgIpc) is 2.77. The monoisotopic (exact) mass is 481 g/mol. The second kappa shape index (κ2) is 12.0. The number of hydrogen-bond donors (Lipinski definition) is 1. The standard InChI is InChI=1S/C22H21F2NO7S/c1-12(26)32-19-7-4-13(15-6-5-14(23)9-17(15)24)8-16(19)21(28)25-18(22(29)31-3)10-33-11-20(27)30-2/h4-9,18H,10-11H2,1-3H3,(H,25,28)/t18-/m0/s1. The van der Waals surface area contributed by atoms with Gasteiger partial charge >= 0.3 is 17.9 Å². The third-order valence-corrected chi connectivity index (χ3v) is 5.25. The number of nitrogens with one attached hydrogen (secondary N) is 1. The molecule has 0 aliphatic rings. The molecule has 2 aromatic carbocycles. The Labute approximate surface area is 192 Å². The lowest BCUT2D eigenvalue weighted by Crippen LogP contribution is -2.43. The Bertz CT molecular complexity index is 1060. The summed E-state index contributed by atoms with van der Waals surface area (Å²) < 4.78 is 41.8. The Kier molecular flexibility index (Phi) is 9.34. The van der Waals surface area contributed by atoms with E-state index in [2.05, 4.69) is 10.1 Å². The first-order chi connectivity index (χ1) is 15.7. The molecular formula is C22H21F2NO7S. The first-order valence-corrected chi connectivity index (χ1v) is 10.6. The number of thioether (sulfide) groups is 1. The van der Waals surface area contributed by atoms with Crippen molar-refractivity contribution in [2.75, 3.05) is 25.7 Å². The summed E-state index contributed by atoms with van der Waals surface area (Å²) in [4.78, 5) is 47.9. The molecule has 1 N–H and O–H groups in total. The topological polar surface area (TPSA) is 108 Å². The minimum Gasteiger partial charge on any atom is -0.468 e. The summed E-state index contributed by atoms with van der Waals surface area (Å²) in [5.41, 5.74) is 0.0551. The van der Waals surface area contributed by atoms with Crippen LogP contribution >= 0.6 is 11.8 Å². The van der Waals surface area contributed by atoms with Crippen LogP contribution in [0.3, 0.4) is 0 Å². The molecule has 176 valence electrons. The minimum atomic E-state index is -1.14. The molecule has 0 aromatic heterocycles. The van der Waals surface area contributed by atoms with Gasteiger partial charge in [-0.3, -0.25) is 14.4 Å². The summed E-state index contributed by atoms with van der Waals surface area (Å²) >= 11 is 1.03. The lowest BCUT2D eigenvalue weighted by Gasteiger charge is -2.18. The smallest absolute Gasteiger partial charge is 0.329 e. The number of hydrogen-bond acceptors (Lipinski definition) is 8. The van der Waals surface area contributed by atoms with E-state index in [4.69, 9.17) is 9.47 Å². The minimum absolute atomic E-state index is 0.0112. The Morgan fingerprint density at radius 3 is 2.36 bits per heavy atom. The molecule has 2 rings (SSSR count). The maximum absolute atomic E-state index is 14.2. The fourth-order valence-electron chi connectivity index (χ4n) is 2.71. The van der Waals surface area contributed by atoms with Crippen molar-refractivity contribution in [3.8, 4) is 16.9 Å². The van der Waals surface area contributed by atoms with Crippen LogP contribution in [0, 0.1) is 11.6 Å². The maximum Gasteiger partial charge on any atom is 0.329 e. The van der Waals surface area contributed by atoms with Gasteiger partial charge in [-0.05, 0) is 29.8 Å². The number of halogens is 2. The second-order valence-electron chi connectivity index (χ2n) is 6.57. The summed E-state index contributed by atoms with van der Waals surface area (Å²) in [6.07, 6.45) is 0. The Hall–Kier alpha value is -3.47. The summed E-state index contributed by atoms with van der Waals surface area (Å²) in [6, 6.07) is 5.75. The highest BCUT2D eigenvalue weighted by molar-refractivity contribution is 8.00. The molecule has 0 spiro atoms. The van der Waals surface area contributed by atoms with Crippen LogP contribution in [0.4, 0.5) is 8.78 Å². The fraction of sp³-hybridized carbons (Fsp3) is 0.273. The third-order valence-electron chi connectivity index (χ3n) is 4.24. The van der Waals surface area contributed by atoms with Gasteiger partial charge in [-0.15, -0.1) is 11.8 Å². The van der Waals surface area contributed by atoms with E-state index in [9.17, 15) is 28.0 Å². The van der Waals surface area contributed by atoms with Crippen molar-refractivity contribution in [3.05, 3.63) is 53.6 Å². The van der Waals surface area contributed by atoms with E-state index >= 15 is 0 Å². The van der Waals surface area contributed by atoms with E-state index in [1.165, 1.54) is 31.4 Å². The zero-order valence-electron chi connectivity index (χ0n) is 18.0. The molecule has 1 amide bonds. The molecule has 1 atom stereocenters. The van der Waals surface area contributed by atoms with E-state index in [0.717, 1.165) is 31.9 Å². The second-order valence-corrected chi connectivity index (χ2v) is 7.60. The quantitative estimate of drug-likeness (QED) is 0.430.